The summed E-state index contributed by atoms with van der Waals surface area (Å²) in [4.78, 5) is 13.8. The van der Waals surface area contributed by atoms with Crippen molar-refractivity contribution in [2.75, 3.05) is 6.54 Å². The molecule has 1 heterocycles. The molecule has 0 atom stereocenters. The Morgan fingerprint density at radius 2 is 2.19 bits per heavy atom. The molecular formula is C16H15FN2OS. The minimum Gasteiger partial charge on any atom is -0.347 e. The summed E-state index contributed by atoms with van der Waals surface area (Å²) in [5.74, 6) is 4.77. The first-order valence-electron chi connectivity index (χ1n) is 6.42. The number of hydrogen-bond acceptors (Lipinski definition) is 3. The lowest BCUT2D eigenvalue weighted by Gasteiger charge is -2.05. The van der Waals surface area contributed by atoms with Gasteiger partial charge in [-0.15, -0.1) is 11.3 Å². The predicted octanol–water partition coefficient (Wildman–Crippen LogP) is 2.44. The van der Waals surface area contributed by atoms with E-state index >= 15 is 0 Å². The van der Waals surface area contributed by atoms with E-state index in [0.29, 0.717) is 13.1 Å². The van der Waals surface area contributed by atoms with Crippen molar-refractivity contribution < 1.29 is 9.18 Å². The first-order chi connectivity index (χ1) is 10.1. The average Bonchev–Trinajstić information content (AvgIpc) is 2.93. The molecule has 0 spiro atoms. The van der Waals surface area contributed by atoms with E-state index in [4.69, 9.17) is 5.73 Å². The van der Waals surface area contributed by atoms with Crippen molar-refractivity contribution in [2.45, 2.75) is 13.5 Å². The van der Waals surface area contributed by atoms with Gasteiger partial charge in [-0.1, -0.05) is 23.5 Å². The Balaban J connectivity index is 2.01. The van der Waals surface area contributed by atoms with Gasteiger partial charge in [0.15, 0.2) is 0 Å². The van der Waals surface area contributed by atoms with Gasteiger partial charge in [-0.25, -0.2) is 4.39 Å². The quantitative estimate of drug-likeness (QED) is 0.856. The van der Waals surface area contributed by atoms with Crippen LogP contribution >= 0.6 is 11.3 Å². The van der Waals surface area contributed by atoms with Crippen molar-refractivity contribution in [3.8, 4) is 11.8 Å². The van der Waals surface area contributed by atoms with Gasteiger partial charge >= 0.3 is 0 Å². The molecule has 1 aromatic carbocycles. The second-order valence-corrected chi connectivity index (χ2v) is 5.61. The summed E-state index contributed by atoms with van der Waals surface area (Å²) in [7, 11) is 0. The van der Waals surface area contributed by atoms with Crippen molar-refractivity contribution in [2.24, 2.45) is 5.73 Å². The highest BCUT2D eigenvalue weighted by Crippen LogP contribution is 2.16. The molecule has 1 amide bonds. The summed E-state index contributed by atoms with van der Waals surface area (Å²) in [5.41, 5.74) is 6.22. The molecule has 0 aliphatic carbocycles. The first kappa shape index (κ1) is 15.2. The van der Waals surface area contributed by atoms with Gasteiger partial charge in [0.2, 0.25) is 0 Å². The van der Waals surface area contributed by atoms with Crippen molar-refractivity contribution in [1.29, 1.82) is 0 Å². The number of benzene rings is 1. The number of nitrogens with one attached hydrogen (secondary N) is 1. The smallest absolute Gasteiger partial charge is 0.254 e. The van der Waals surface area contributed by atoms with Crippen molar-refractivity contribution in [3.05, 3.63) is 57.0 Å². The highest BCUT2D eigenvalue weighted by Gasteiger charge is 2.11. The Hall–Kier alpha value is -2.16. The highest BCUT2D eigenvalue weighted by molar-refractivity contribution is 7.12. The minimum atomic E-state index is -0.515. The normalized spacial score (nSPS) is 9.86. The zero-order valence-corrected chi connectivity index (χ0v) is 12.4. The van der Waals surface area contributed by atoms with Gasteiger partial charge in [0.05, 0.1) is 23.5 Å². The summed E-state index contributed by atoms with van der Waals surface area (Å²) in [5, 5.41) is 2.71. The minimum absolute atomic E-state index is 0.0645. The van der Waals surface area contributed by atoms with Crippen LogP contribution in [0.25, 0.3) is 0 Å². The molecule has 0 unspecified atom stereocenters. The van der Waals surface area contributed by atoms with Gasteiger partial charge in [-0.3, -0.25) is 4.79 Å². The van der Waals surface area contributed by atoms with Crippen LogP contribution in [0.15, 0.2) is 30.3 Å². The van der Waals surface area contributed by atoms with Gasteiger partial charge in [0.1, 0.15) is 5.82 Å². The fourth-order valence-corrected chi connectivity index (χ4v) is 2.58. The number of aryl methyl sites for hydroxylation is 1. The maximum absolute atomic E-state index is 13.6. The number of rotatable bonds is 3. The van der Waals surface area contributed by atoms with Crippen LogP contribution in [-0.4, -0.2) is 12.5 Å². The zero-order valence-electron chi connectivity index (χ0n) is 11.6. The second kappa shape index (κ2) is 7.02. The van der Waals surface area contributed by atoms with Gasteiger partial charge in [0, 0.05) is 4.88 Å². The summed E-state index contributed by atoms with van der Waals surface area (Å²) in [6, 6.07) is 8.24. The van der Waals surface area contributed by atoms with Crippen LogP contribution < -0.4 is 11.1 Å². The van der Waals surface area contributed by atoms with E-state index in [1.807, 2.05) is 19.1 Å². The largest absolute Gasteiger partial charge is 0.347 e. The molecule has 1 aromatic heterocycles. The van der Waals surface area contributed by atoms with Crippen LogP contribution in [0.3, 0.4) is 0 Å². The highest BCUT2D eigenvalue weighted by atomic mass is 32.1. The Bertz CT molecular complexity index is 713. The Kier molecular flexibility index (Phi) is 5.09. The Morgan fingerprint density at radius 1 is 1.38 bits per heavy atom. The van der Waals surface area contributed by atoms with E-state index in [1.54, 1.807) is 6.07 Å². The molecule has 5 heteroatoms. The number of carbonyl (C=O) groups is 1. The molecule has 0 bridgehead atoms. The second-order valence-electron chi connectivity index (χ2n) is 4.44. The van der Waals surface area contributed by atoms with Crippen molar-refractivity contribution in [3.63, 3.8) is 0 Å². The molecule has 0 aliphatic rings. The zero-order chi connectivity index (χ0) is 15.2. The number of carbonyl (C=O) groups excluding carboxylic acids is 1. The van der Waals surface area contributed by atoms with Crippen LogP contribution in [0.2, 0.25) is 0 Å². The maximum Gasteiger partial charge on any atom is 0.254 e. The Labute approximate surface area is 127 Å². The topological polar surface area (TPSA) is 55.1 Å². The molecule has 0 saturated carbocycles. The lowest BCUT2D eigenvalue weighted by molar-refractivity contribution is 0.0947. The molecule has 21 heavy (non-hydrogen) atoms. The van der Waals surface area contributed by atoms with Gasteiger partial charge in [0.25, 0.3) is 5.91 Å². The molecule has 0 aliphatic heterocycles. The van der Waals surface area contributed by atoms with Gasteiger partial charge < -0.3 is 11.1 Å². The van der Waals surface area contributed by atoms with Crippen molar-refractivity contribution >= 4 is 17.2 Å². The molecule has 3 nitrogen and oxygen atoms in total. The lowest BCUT2D eigenvalue weighted by Crippen LogP contribution is -2.23. The van der Waals surface area contributed by atoms with Crippen LogP contribution in [0.4, 0.5) is 4.39 Å². The third-order valence-electron chi connectivity index (χ3n) is 2.76. The molecule has 0 saturated heterocycles. The molecule has 108 valence electrons. The third kappa shape index (κ3) is 4.15. The van der Waals surface area contributed by atoms with Gasteiger partial charge in [-0.2, -0.15) is 0 Å². The molecule has 0 fully saturated rings. The lowest BCUT2D eigenvalue weighted by atomic mass is 10.1. The third-order valence-corrected chi connectivity index (χ3v) is 3.77. The summed E-state index contributed by atoms with van der Waals surface area (Å²) in [6.07, 6.45) is 0. The summed E-state index contributed by atoms with van der Waals surface area (Å²) in [6.45, 7) is 2.48. The summed E-state index contributed by atoms with van der Waals surface area (Å²) < 4.78 is 13.6. The van der Waals surface area contributed by atoms with E-state index in [1.165, 1.54) is 23.5 Å². The van der Waals surface area contributed by atoms with Crippen LogP contribution in [0.5, 0.6) is 0 Å². The van der Waals surface area contributed by atoms with E-state index in [9.17, 15) is 9.18 Å². The first-order valence-corrected chi connectivity index (χ1v) is 7.24. The fraction of sp³-hybridized carbons (Fsp3) is 0.188. The predicted molar refractivity (Wildman–Crippen MR) is 82.6 cm³/mol. The van der Waals surface area contributed by atoms with Gasteiger partial charge in [-0.05, 0) is 31.2 Å². The fourth-order valence-electron chi connectivity index (χ4n) is 1.75. The monoisotopic (exact) mass is 302 g/mol. The molecule has 2 rings (SSSR count). The number of hydrogen-bond donors (Lipinski definition) is 2. The van der Waals surface area contributed by atoms with E-state index in [0.717, 1.165) is 15.3 Å². The van der Waals surface area contributed by atoms with E-state index in [2.05, 4.69) is 17.2 Å². The Morgan fingerprint density at radius 3 is 2.95 bits per heavy atom. The van der Waals surface area contributed by atoms with Crippen molar-refractivity contribution in [1.82, 2.24) is 5.32 Å². The average molecular weight is 302 g/mol. The SMILES string of the molecule is Cc1ccc(F)c(C(=O)NCc2ccc(C#CCN)s2)c1. The van der Waals surface area contributed by atoms with E-state index < -0.39 is 11.7 Å². The summed E-state index contributed by atoms with van der Waals surface area (Å²) >= 11 is 1.48. The number of amides is 1. The molecule has 0 radical (unpaired) electrons. The number of nitrogens with two attached hydrogens (primary N) is 1. The number of halogens is 1. The van der Waals surface area contributed by atoms with Crippen LogP contribution in [-0.2, 0) is 6.54 Å². The molecule has 3 N–H and O–H groups in total. The van der Waals surface area contributed by atoms with E-state index in [-0.39, 0.29) is 5.56 Å². The maximum atomic E-state index is 13.6. The number of thiophene rings is 1. The standard InChI is InChI=1S/C16H15FN2OS/c1-11-4-7-15(17)14(9-11)16(20)19-10-13-6-5-12(21-13)3-2-8-18/h4-7,9H,8,10,18H2,1H3,(H,19,20). The van der Waals surface area contributed by atoms with Crippen LogP contribution in [0.1, 0.15) is 25.7 Å². The molecular weight excluding hydrogens is 287 g/mol. The van der Waals surface area contributed by atoms with Crippen LogP contribution in [0, 0.1) is 24.6 Å². The molecule has 2 aromatic rings.